The van der Waals surface area contributed by atoms with Crippen LogP contribution in [0.4, 0.5) is 5.69 Å². The average Bonchev–Trinajstić information content (AvgIpc) is 2.85. The van der Waals surface area contributed by atoms with Gasteiger partial charge in [-0.05, 0) is 48.7 Å². The highest BCUT2D eigenvalue weighted by Gasteiger charge is 2.33. The van der Waals surface area contributed by atoms with E-state index in [9.17, 15) is 18.0 Å². The molecule has 7 nitrogen and oxygen atoms in total. The molecule has 3 aromatic carbocycles. The summed E-state index contributed by atoms with van der Waals surface area (Å²) in [6.45, 7) is 3.82. The number of halogens is 1. The minimum Gasteiger partial charge on any atom is -0.355 e. The molecule has 0 aliphatic carbocycles. The lowest BCUT2D eigenvalue weighted by Crippen LogP contribution is -2.53. The van der Waals surface area contributed by atoms with E-state index in [1.54, 1.807) is 18.2 Å². The lowest BCUT2D eigenvalue weighted by atomic mass is 10.0. The van der Waals surface area contributed by atoms with Gasteiger partial charge in [-0.1, -0.05) is 72.3 Å². The molecule has 0 fully saturated rings. The molecule has 2 amide bonds. The smallest absolute Gasteiger partial charge is 0.244 e. The number of sulfonamides is 1. The number of likely N-dealkylation sites (N-methyl/N-ethyl adjacent to an activating group) is 1. The van der Waals surface area contributed by atoms with Crippen molar-refractivity contribution in [3.05, 3.63) is 101 Å². The number of amides is 2. The van der Waals surface area contributed by atoms with E-state index in [2.05, 4.69) is 5.32 Å². The summed E-state index contributed by atoms with van der Waals surface area (Å²) in [6, 6.07) is 22.5. The highest BCUT2D eigenvalue weighted by Crippen LogP contribution is 2.23. The van der Waals surface area contributed by atoms with Crippen molar-refractivity contribution in [1.29, 1.82) is 0 Å². The average molecular weight is 542 g/mol. The molecule has 1 N–H and O–H groups in total. The van der Waals surface area contributed by atoms with Crippen LogP contribution in [0.3, 0.4) is 0 Å². The zero-order chi connectivity index (χ0) is 27.0. The topological polar surface area (TPSA) is 86.8 Å². The molecule has 37 heavy (non-hydrogen) atoms. The fourth-order valence-corrected chi connectivity index (χ4v) is 5.09. The third kappa shape index (κ3) is 7.81. The van der Waals surface area contributed by atoms with E-state index in [0.717, 1.165) is 27.3 Å². The van der Waals surface area contributed by atoms with Gasteiger partial charge in [0, 0.05) is 24.5 Å². The first-order valence-corrected chi connectivity index (χ1v) is 14.2. The Bertz CT molecular complexity index is 1330. The normalized spacial score (nSPS) is 12.0. The molecule has 0 aromatic heterocycles. The number of hydrogen-bond donors (Lipinski definition) is 1. The van der Waals surface area contributed by atoms with E-state index < -0.39 is 28.5 Å². The third-order valence-electron chi connectivity index (χ3n) is 6.00. The number of aryl methyl sites for hydroxylation is 1. The first-order chi connectivity index (χ1) is 17.6. The Morgan fingerprint density at radius 2 is 1.65 bits per heavy atom. The SMILES string of the molecule is CCNC(=O)C(Cc1ccccc1)N(Cc1ccccc1C)C(=O)CN(c1cccc(Cl)c1)S(C)(=O)=O. The largest absolute Gasteiger partial charge is 0.355 e. The van der Waals surface area contributed by atoms with Crippen molar-refractivity contribution in [3.63, 3.8) is 0 Å². The van der Waals surface area contributed by atoms with E-state index in [4.69, 9.17) is 11.6 Å². The van der Waals surface area contributed by atoms with Crippen LogP contribution in [0.1, 0.15) is 23.6 Å². The van der Waals surface area contributed by atoms with Crippen molar-refractivity contribution in [1.82, 2.24) is 10.2 Å². The predicted octanol–water partition coefficient (Wildman–Crippen LogP) is 4.19. The quantitative estimate of drug-likeness (QED) is 0.394. The van der Waals surface area contributed by atoms with Crippen LogP contribution in [0.25, 0.3) is 0 Å². The molecule has 0 spiro atoms. The van der Waals surface area contributed by atoms with Gasteiger partial charge in [0.1, 0.15) is 12.6 Å². The fraction of sp³-hybridized carbons (Fsp3) is 0.286. The van der Waals surface area contributed by atoms with Crippen LogP contribution in [-0.2, 0) is 32.6 Å². The summed E-state index contributed by atoms with van der Waals surface area (Å²) in [5, 5.41) is 3.19. The molecule has 9 heteroatoms. The number of hydrogen-bond acceptors (Lipinski definition) is 4. The number of nitrogens with one attached hydrogen (secondary N) is 1. The molecule has 1 unspecified atom stereocenters. The van der Waals surface area contributed by atoms with Crippen LogP contribution in [-0.4, -0.2) is 50.5 Å². The first kappa shape index (κ1) is 28.2. The lowest BCUT2D eigenvalue weighted by Gasteiger charge is -2.33. The van der Waals surface area contributed by atoms with Crippen LogP contribution in [0.5, 0.6) is 0 Å². The number of carbonyl (C=O) groups excluding carboxylic acids is 2. The van der Waals surface area contributed by atoms with E-state index >= 15 is 0 Å². The van der Waals surface area contributed by atoms with E-state index in [1.165, 1.54) is 11.0 Å². The van der Waals surface area contributed by atoms with Crippen LogP contribution < -0.4 is 9.62 Å². The maximum absolute atomic E-state index is 13.9. The summed E-state index contributed by atoms with van der Waals surface area (Å²) < 4.78 is 26.5. The molecule has 0 aliphatic heterocycles. The Kier molecular flexibility index (Phi) is 9.72. The van der Waals surface area contributed by atoms with Gasteiger partial charge < -0.3 is 10.2 Å². The summed E-state index contributed by atoms with van der Waals surface area (Å²) in [5.41, 5.74) is 2.99. The van der Waals surface area contributed by atoms with Gasteiger partial charge in [-0.3, -0.25) is 13.9 Å². The van der Waals surface area contributed by atoms with Crippen LogP contribution in [0.15, 0.2) is 78.9 Å². The van der Waals surface area contributed by atoms with Gasteiger partial charge in [-0.2, -0.15) is 0 Å². The van der Waals surface area contributed by atoms with Crippen LogP contribution in [0, 0.1) is 6.92 Å². The predicted molar refractivity (Wildman–Crippen MR) is 148 cm³/mol. The molecule has 1 atom stereocenters. The van der Waals surface area contributed by atoms with Gasteiger partial charge in [0.25, 0.3) is 0 Å². The zero-order valence-electron chi connectivity index (χ0n) is 21.2. The van der Waals surface area contributed by atoms with Crippen molar-refractivity contribution in [2.75, 3.05) is 23.7 Å². The second kappa shape index (κ2) is 12.7. The van der Waals surface area contributed by atoms with Crippen LogP contribution in [0.2, 0.25) is 5.02 Å². The van der Waals surface area contributed by atoms with Crippen molar-refractivity contribution in [2.45, 2.75) is 32.9 Å². The monoisotopic (exact) mass is 541 g/mol. The standard InChI is InChI=1S/C28H32ClN3O4S/c1-4-30-28(34)26(17-22-12-6-5-7-13-22)31(19-23-14-9-8-11-21(23)2)27(33)20-32(37(3,35)36)25-16-10-15-24(29)18-25/h5-16,18,26H,4,17,19-20H2,1-3H3,(H,30,34). The van der Waals surface area contributed by atoms with E-state index in [-0.39, 0.29) is 24.6 Å². The Labute approximate surface area is 224 Å². The Balaban J connectivity index is 2.05. The van der Waals surface area contributed by atoms with Gasteiger partial charge in [0.15, 0.2) is 0 Å². The molecular weight excluding hydrogens is 510 g/mol. The second-order valence-electron chi connectivity index (χ2n) is 8.80. The Morgan fingerprint density at radius 1 is 0.973 bits per heavy atom. The number of benzene rings is 3. The number of rotatable bonds is 11. The summed E-state index contributed by atoms with van der Waals surface area (Å²) in [6.07, 6.45) is 1.32. The summed E-state index contributed by atoms with van der Waals surface area (Å²) in [4.78, 5) is 28.7. The van der Waals surface area contributed by atoms with Gasteiger partial charge in [-0.15, -0.1) is 0 Å². The zero-order valence-corrected chi connectivity index (χ0v) is 22.8. The van der Waals surface area contributed by atoms with E-state index in [0.29, 0.717) is 11.6 Å². The molecular formula is C28H32ClN3O4S. The van der Waals surface area contributed by atoms with Crippen molar-refractivity contribution in [3.8, 4) is 0 Å². The molecule has 0 heterocycles. The third-order valence-corrected chi connectivity index (χ3v) is 7.38. The molecule has 0 saturated carbocycles. The second-order valence-corrected chi connectivity index (χ2v) is 11.1. The Hall–Kier alpha value is -3.36. The highest BCUT2D eigenvalue weighted by atomic mass is 35.5. The minimum absolute atomic E-state index is 0.146. The van der Waals surface area contributed by atoms with Gasteiger partial charge in [-0.25, -0.2) is 8.42 Å². The first-order valence-electron chi connectivity index (χ1n) is 12.0. The van der Waals surface area contributed by atoms with E-state index in [1.807, 2.05) is 68.4 Å². The van der Waals surface area contributed by atoms with Gasteiger partial charge >= 0.3 is 0 Å². The number of anilines is 1. The van der Waals surface area contributed by atoms with Gasteiger partial charge in [0.2, 0.25) is 21.8 Å². The minimum atomic E-state index is -3.83. The molecule has 0 aliphatic rings. The maximum Gasteiger partial charge on any atom is 0.244 e. The maximum atomic E-state index is 13.9. The fourth-order valence-electron chi connectivity index (χ4n) is 4.06. The van der Waals surface area contributed by atoms with Crippen molar-refractivity contribution >= 4 is 39.1 Å². The highest BCUT2D eigenvalue weighted by molar-refractivity contribution is 7.92. The van der Waals surface area contributed by atoms with Crippen molar-refractivity contribution in [2.24, 2.45) is 0 Å². The molecule has 0 saturated heterocycles. The molecule has 3 rings (SSSR count). The molecule has 0 bridgehead atoms. The number of carbonyl (C=O) groups is 2. The summed E-state index contributed by atoms with van der Waals surface area (Å²) in [7, 11) is -3.83. The molecule has 0 radical (unpaired) electrons. The molecule has 3 aromatic rings. The Morgan fingerprint density at radius 3 is 2.27 bits per heavy atom. The van der Waals surface area contributed by atoms with Gasteiger partial charge in [0.05, 0.1) is 11.9 Å². The van der Waals surface area contributed by atoms with Crippen molar-refractivity contribution < 1.29 is 18.0 Å². The summed E-state index contributed by atoms with van der Waals surface area (Å²) >= 11 is 6.11. The summed E-state index contributed by atoms with van der Waals surface area (Å²) in [5.74, 6) is -0.803. The van der Waals surface area contributed by atoms with Crippen LogP contribution >= 0.6 is 11.6 Å². The lowest BCUT2D eigenvalue weighted by molar-refractivity contribution is -0.140. The number of nitrogens with zero attached hydrogens (tertiary/aromatic N) is 2. The molecule has 196 valence electrons.